The van der Waals surface area contributed by atoms with Crippen LogP contribution in [0.25, 0.3) is 5.65 Å². The van der Waals surface area contributed by atoms with Crippen molar-refractivity contribution in [3.8, 4) is 0 Å². The summed E-state index contributed by atoms with van der Waals surface area (Å²) in [5.41, 5.74) is 4.73. The Labute approximate surface area is 178 Å². The number of benzene rings is 1. The molecule has 0 spiro atoms. The summed E-state index contributed by atoms with van der Waals surface area (Å²) < 4.78 is 11.8. The minimum absolute atomic E-state index is 0.284. The van der Waals surface area contributed by atoms with Gasteiger partial charge in [0, 0.05) is 11.9 Å². The number of methoxy groups -OCH3 is 2. The first-order valence-corrected chi connectivity index (χ1v) is 9.72. The summed E-state index contributed by atoms with van der Waals surface area (Å²) in [6.45, 7) is 1.78. The van der Waals surface area contributed by atoms with E-state index in [2.05, 4.69) is 10.4 Å². The van der Waals surface area contributed by atoms with Gasteiger partial charge in [-0.05, 0) is 31.2 Å². The number of carbonyl (C=O) groups is 2. The van der Waals surface area contributed by atoms with E-state index in [0.717, 1.165) is 0 Å². The summed E-state index contributed by atoms with van der Waals surface area (Å²) in [6.07, 6.45) is 1.79. The van der Waals surface area contributed by atoms with Gasteiger partial charge in [0.15, 0.2) is 6.04 Å². The van der Waals surface area contributed by atoms with Gasteiger partial charge in [-0.1, -0.05) is 24.3 Å². The lowest BCUT2D eigenvalue weighted by atomic mass is 9.88. The maximum absolute atomic E-state index is 13.0. The summed E-state index contributed by atoms with van der Waals surface area (Å²) in [7, 11) is 2.50. The van der Waals surface area contributed by atoms with Crippen molar-refractivity contribution in [3.63, 3.8) is 0 Å². The highest BCUT2D eigenvalue weighted by molar-refractivity contribution is 5.89. The van der Waals surface area contributed by atoms with Crippen molar-refractivity contribution in [3.05, 3.63) is 76.3 Å². The average Bonchev–Trinajstić information content (AvgIpc) is 3.18. The Morgan fingerprint density at radius 2 is 1.68 bits per heavy atom. The van der Waals surface area contributed by atoms with E-state index in [1.807, 2.05) is 24.3 Å². The summed E-state index contributed by atoms with van der Waals surface area (Å²) in [5, 5.41) is 1.55. The highest BCUT2D eigenvalue weighted by Crippen LogP contribution is 2.37. The lowest BCUT2D eigenvalue weighted by molar-refractivity contribution is -0.153. The molecule has 0 bridgehead atoms. The first kappa shape index (κ1) is 20.5. The number of pyridine rings is 1. The van der Waals surface area contributed by atoms with E-state index in [-0.39, 0.29) is 5.56 Å². The van der Waals surface area contributed by atoms with E-state index < -0.39 is 35.5 Å². The number of hydrogen-bond donors (Lipinski definition) is 1. The normalized spacial score (nSPS) is 20.6. The number of fused-ring (bicyclic) bond motifs is 1. The minimum atomic E-state index is -1.04. The Kier molecular flexibility index (Phi) is 5.43. The summed E-state index contributed by atoms with van der Waals surface area (Å²) in [6, 6.07) is 12.5. The number of rotatable bonds is 4. The first-order chi connectivity index (χ1) is 15.0. The molecule has 9 heteroatoms. The van der Waals surface area contributed by atoms with Crippen LogP contribution in [0.15, 0.2) is 59.5 Å². The van der Waals surface area contributed by atoms with Gasteiger partial charge in [0.2, 0.25) is 0 Å². The maximum Gasteiger partial charge on any atom is 0.331 e. The van der Waals surface area contributed by atoms with Crippen LogP contribution in [0, 0.1) is 12.8 Å². The molecule has 0 amide bonds. The Morgan fingerprint density at radius 1 is 1.00 bits per heavy atom. The van der Waals surface area contributed by atoms with Crippen molar-refractivity contribution in [2.45, 2.75) is 19.0 Å². The third-order valence-corrected chi connectivity index (χ3v) is 5.55. The summed E-state index contributed by atoms with van der Waals surface area (Å²) in [5.74, 6) is -2.29. The molecule has 1 aliphatic heterocycles. The number of aromatic nitrogens is 2. The quantitative estimate of drug-likeness (QED) is 0.630. The fourth-order valence-corrected chi connectivity index (χ4v) is 4.11. The van der Waals surface area contributed by atoms with E-state index in [9.17, 15) is 14.4 Å². The summed E-state index contributed by atoms with van der Waals surface area (Å²) >= 11 is 0. The molecule has 0 aliphatic carbocycles. The number of nitrogens with zero attached hydrogens (tertiary/aromatic N) is 3. The SMILES string of the molecule is COC(=O)[C@@H]1[C@@H](C(=O)OC)N(c2ccccc2)N[C@H]1c1c(C)n2ccccc2nc1=O. The van der Waals surface area contributed by atoms with Crippen molar-refractivity contribution in [2.24, 2.45) is 5.92 Å². The van der Waals surface area contributed by atoms with Gasteiger partial charge >= 0.3 is 11.9 Å². The number of esters is 2. The molecule has 0 saturated carbocycles. The van der Waals surface area contributed by atoms with Crippen LogP contribution in [0.5, 0.6) is 0 Å². The van der Waals surface area contributed by atoms with Crippen LogP contribution in [-0.2, 0) is 19.1 Å². The predicted octanol–water partition coefficient (Wildman–Crippen LogP) is 1.40. The highest BCUT2D eigenvalue weighted by atomic mass is 16.5. The first-order valence-electron chi connectivity index (χ1n) is 9.72. The van der Waals surface area contributed by atoms with Crippen molar-refractivity contribution in [2.75, 3.05) is 19.2 Å². The smallest absolute Gasteiger partial charge is 0.331 e. The molecule has 3 atom stereocenters. The van der Waals surface area contributed by atoms with Gasteiger partial charge in [0.25, 0.3) is 5.56 Å². The Bertz CT molecular complexity index is 1190. The molecule has 1 N–H and O–H groups in total. The van der Waals surface area contributed by atoms with Gasteiger partial charge in [-0.15, -0.1) is 0 Å². The van der Waals surface area contributed by atoms with E-state index in [4.69, 9.17) is 9.47 Å². The molecular formula is C22H22N4O5. The molecule has 3 aromatic rings. The number of carbonyl (C=O) groups excluding carboxylic acids is 2. The van der Waals surface area contributed by atoms with Gasteiger partial charge in [0.05, 0.1) is 31.5 Å². The lowest BCUT2D eigenvalue weighted by Gasteiger charge is -2.25. The molecule has 3 heterocycles. The van der Waals surface area contributed by atoms with E-state index in [0.29, 0.717) is 17.0 Å². The zero-order valence-corrected chi connectivity index (χ0v) is 17.3. The van der Waals surface area contributed by atoms with E-state index >= 15 is 0 Å². The second kappa shape index (κ2) is 8.19. The van der Waals surface area contributed by atoms with Crippen LogP contribution in [-0.4, -0.2) is 41.6 Å². The van der Waals surface area contributed by atoms with Crippen LogP contribution >= 0.6 is 0 Å². The van der Waals surface area contributed by atoms with Gasteiger partial charge in [0.1, 0.15) is 11.6 Å². The molecule has 2 aromatic heterocycles. The monoisotopic (exact) mass is 422 g/mol. The van der Waals surface area contributed by atoms with Gasteiger partial charge in [-0.2, -0.15) is 4.98 Å². The summed E-state index contributed by atoms with van der Waals surface area (Å²) in [4.78, 5) is 42.8. The fourth-order valence-electron chi connectivity index (χ4n) is 4.11. The van der Waals surface area contributed by atoms with Crippen LogP contribution in [0.2, 0.25) is 0 Å². The van der Waals surface area contributed by atoms with Crippen molar-refractivity contribution in [1.29, 1.82) is 0 Å². The maximum atomic E-state index is 13.0. The van der Waals surface area contributed by atoms with Crippen LogP contribution < -0.4 is 16.0 Å². The molecule has 1 aromatic carbocycles. The molecule has 1 saturated heterocycles. The number of hydrogen-bond acceptors (Lipinski definition) is 8. The third-order valence-electron chi connectivity index (χ3n) is 5.55. The van der Waals surface area contributed by atoms with Crippen LogP contribution in [0.4, 0.5) is 5.69 Å². The average molecular weight is 422 g/mol. The molecule has 9 nitrogen and oxygen atoms in total. The number of nitrogens with one attached hydrogen (secondary N) is 1. The van der Waals surface area contributed by atoms with Crippen molar-refractivity contribution >= 4 is 23.3 Å². The largest absolute Gasteiger partial charge is 0.469 e. The lowest BCUT2D eigenvalue weighted by Crippen LogP contribution is -2.45. The topological polar surface area (TPSA) is 102 Å². The molecule has 0 unspecified atom stereocenters. The number of anilines is 1. The molecule has 1 aliphatic rings. The molecule has 31 heavy (non-hydrogen) atoms. The van der Waals surface area contributed by atoms with E-state index in [1.165, 1.54) is 14.2 Å². The minimum Gasteiger partial charge on any atom is -0.469 e. The number of hydrazine groups is 1. The van der Waals surface area contributed by atoms with Crippen molar-refractivity contribution in [1.82, 2.24) is 14.8 Å². The molecule has 1 fully saturated rings. The Morgan fingerprint density at radius 3 is 2.35 bits per heavy atom. The van der Waals surface area contributed by atoms with E-state index in [1.54, 1.807) is 46.8 Å². The number of ether oxygens (including phenoxy) is 2. The highest BCUT2D eigenvalue weighted by Gasteiger charge is 2.53. The van der Waals surface area contributed by atoms with Crippen LogP contribution in [0.1, 0.15) is 17.3 Å². The predicted molar refractivity (Wildman–Crippen MR) is 112 cm³/mol. The van der Waals surface area contributed by atoms with Gasteiger partial charge in [-0.25, -0.2) is 10.2 Å². The molecule has 0 radical (unpaired) electrons. The zero-order valence-electron chi connectivity index (χ0n) is 17.3. The standard InChI is InChI=1S/C22H22N4O5/c1-13-16(20(27)23-15-11-7-8-12-25(13)15)18-17(21(28)30-2)19(22(29)31-3)26(24-18)14-9-5-4-6-10-14/h4-12,17-19,24H,1-3H3/t17-,18-,19-/m0/s1. The second-order valence-electron chi connectivity index (χ2n) is 7.17. The second-order valence-corrected chi connectivity index (χ2v) is 7.17. The molecule has 160 valence electrons. The van der Waals surface area contributed by atoms with Gasteiger partial charge < -0.3 is 13.9 Å². The van der Waals surface area contributed by atoms with Crippen molar-refractivity contribution < 1.29 is 19.1 Å². The Balaban J connectivity index is 1.92. The molecule has 4 rings (SSSR count). The van der Waals surface area contributed by atoms with Crippen LogP contribution in [0.3, 0.4) is 0 Å². The zero-order chi connectivity index (χ0) is 22.1. The molecular weight excluding hydrogens is 400 g/mol. The number of aryl methyl sites for hydroxylation is 1. The fraction of sp³-hybridized carbons (Fsp3) is 0.273. The third kappa shape index (κ3) is 3.42. The Hall–Kier alpha value is -3.72. The van der Waals surface area contributed by atoms with Gasteiger partial charge in [-0.3, -0.25) is 14.6 Å². The number of para-hydroxylation sites is 1.